The molecule has 118 valence electrons. The predicted octanol–water partition coefficient (Wildman–Crippen LogP) is 2.89. The Morgan fingerprint density at radius 2 is 2.24 bits per heavy atom. The van der Waals surface area contributed by atoms with E-state index in [4.69, 9.17) is 10.5 Å². The second kappa shape index (κ2) is 7.07. The number of nitrogens with zero attached hydrogens (tertiary/aromatic N) is 2. The molecule has 0 radical (unpaired) electrons. The summed E-state index contributed by atoms with van der Waals surface area (Å²) >= 11 is 0. The summed E-state index contributed by atoms with van der Waals surface area (Å²) in [6, 6.07) is 1.88. The van der Waals surface area contributed by atoms with E-state index < -0.39 is 0 Å². The van der Waals surface area contributed by atoms with E-state index >= 15 is 0 Å². The maximum absolute atomic E-state index is 6.08. The molecule has 1 aromatic rings. The quantitative estimate of drug-likeness (QED) is 0.843. The zero-order valence-corrected chi connectivity index (χ0v) is 13.5. The van der Waals surface area contributed by atoms with Gasteiger partial charge in [0.25, 0.3) is 0 Å². The largest absolute Gasteiger partial charge is 0.478 e. The number of rotatable bonds is 6. The smallest absolute Gasteiger partial charge is 0.226 e. The van der Waals surface area contributed by atoms with Gasteiger partial charge in [-0.25, -0.2) is 4.98 Å². The van der Waals surface area contributed by atoms with Crippen molar-refractivity contribution in [2.45, 2.75) is 58.4 Å². The van der Waals surface area contributed by atoms with Crippen molar-refractivity contribution in [2.24, 2.45) is 11.7 Å². The van der Waals surface area contributed by atoms with Crippen LogP contribution in [0.15, 0.2) is 6.07 Å². The molecule has 0 saturated heterocycles. The summed E-state index contributed by atoms with van der Waals surface area (Å²) in [6.45, 7) is 7.60. The van der Waals surface area contributed by atoms with Gasteiger partial charge in [-0.2, -0.15) is 4.98 Å². The molecule has 1 aliphatic rings. The molecule has 2 rings (SSSR count). The highest BCUT2D eigenvalue weighted by Gasteiger charge is 2.37. The van der Waals surface area contributed by atoms with Crippen molar-refractivity contribution in [2.75, 3.05) is 18.5 Å². The molecule has 0 aromatic carbocycles. The molecule has 21 heavy (non-hydrogen) atoms. The number of ether oxygens (including phenoxy) is 1. The molecule has 3 N–H and O–H groups in total. The fourth-order valence-corrected chi connectivity index (χ4v) is 3.05. The Balaban J connectivity index is 2.18. The average Bonchev–Trinajstić information content (AvgIpc) is 2.47. The standard InChI is InChI=1S/C16H28N4O/c1-4-9-21-14-10-13(3)18-15(19-14)20-16(11-17)8-6-5-7-12(16)2/h10,12H,4-9,11,17H2,1-3H3,(H,18,19,20). The van der Waals surface area contributed by atoms with E-state index in [1.807, 2.05) is 13.0 Å². The number of hydrogen-bond acceptors (Lipinski definition) is 5. The molecule has 0 amide bonds. The SMILES string of the molecule is CCCOc1cc(C)nc(NC2(CN)CCCCC2C)n1. The third kappa shape index (κ3) is 3.84. The molecule has 5 heteroatoms. The van der Waals surface area contributed by atoms with E-state index in [0.717, 1.165) is 18.5 Å². The number of nitrogens with one attached hydrogen (secondary N) is 1. The molecule has 2 unspecified atom stereocenters. The lowest BCUT2D eigenvalue weighted by molar-refractivity contribution is 0.234. The van der Waals surface area contributed by atoms with Gasteiger partial charge < -0.3 is 15.8 Å². The Kier molecular flexibility index (Phi) is 5.39. The lowest BCUT2D eigenvalue weighted by Crippen LogP contribution is -2.52. The maximum atomic E-state index is 6.08. The Bertz CT molecular complexity index is 466. The highest BCUT2D eigenvalue weighted by Crippen LogP contribution is 2.35. The van der Waals surface area contributed by atoms with Gasteiger partial charge in [0.1, 0.15) is 0 Å². The number of nitrogens with two attached hydrogens (primary N) is 1. The molecule has 2 atom stereocenters. The molecule has 1 saturated carbocycles. The van der Waals surface area contributed by atoms with E-state index in [-0.39, 0.29) is 5.54 Å². The zero-order valence-electron chi connectivity index (χ0n) is 13.5. The van der Waals surface area contributed by atoms with Crippen LogP contribution in [0, 0.1) is 12.8 Å². The van der Waals surface area contributed by atoms with Crippen molar-refractivity contribution in [1.82, 2.24) is 9.97 Å². The van der Waals surface area contributed by atoms with E-state index in [2.05, 4.69) is 29.1 Å². The molecule has 1 aliphatic carbocycles. The third-order valence-electron chi connectivity index (χ3n) is 4.46. The predicted molar refractivity (Wildman–Crippen MR) is 85.6 cm³/mol. The van der Waals surface area contributed by atoms with Crippen LogP contribution in [0.25, 0.3) is 0 Å². The van der Waals surface area contributed by atoms with Crippen LogP contribution in [0.5, 0.6) is 5.88 Å². The molecule has 5 nitrogen and oxygen atoms in total. The minimum Gasteiger partial charge on any atom is -0.478 e. The van der Waals surface area contributed by atoms with Crippen LogP contribution in [0.4, 0.5) is 5.95 Å². The molecular weight excluding hydrogens is 264 g/mol. The summed E-state index contributed by atoms with van der Waals surface area (Å²) in [5.74, 6) is 1.81. The number of hydrogen-bond donors (Lipinski definition) is 2. The van der Waals surface area contributed by atoms with Gasteiger partial charge >= 0.3 is 0 Å². The van der Waals surface area contributed by atoms with Gasteiger partial charge in [0.15, 0.2) is 0 Å². The first-order valence-electron chi connectivity index (χ1n) is 8.06. The van der Waals surface area contributed by atoms with E-state index in [9.17, 15) is 0 Å². The van der Waals surface area contributed by atoms with Crippen molar-refractivity contribution < 1.29 is 4.74 Å². The molecule has 0 spiro atoms. The minimum atomic E-state index is -0.0892. The van der Waals surface area contributed by atoms with Crippen molar-refractivity contribution in [1.29, 1.82) is 0 Å². The summed E-state index contributed by atoms with van der Waals surface area (Å²) in [6.07, 6.45) is 5.74. The van der Waals surface area contributed by atoms with Gasteiger partial charge in [-0.15, -0.1) is 0 Å². The highest BCUT2D eigenvalue weighted by atomic mass is 16.5. The Morgan fingerprint density at radius 3 is 2.90 bits per heavy atom. The second-order valence-corrected chi connectivity index (χ2v) is 6.15. The minimum absolute atomic E-state index is 0.0892. The van der Waals surface area contributed by atoms with E-state index in [0.29, 0.717) is 30.9 Å². The van der Waals surface area contributed by atoms with Crippen molar-refractivity contribution in [3.63, 3.8) is 0 Å². The van der Waals surface area contributed by atoms with Gasteiger partial charge in [0, 0.05) is 18.3 Å². The van der Waals surface area contributed by atoms with Crippen LogP contribution in [-0.2, 0) is 0 Å². The fourth-order valence-electron chi connectivity index (χ4n) is 3.05. The van der Waals surface area contributed by atoms with Gasteiger partial charge in [-0.1, -0.05) is 26.7 Å². The van der Waals surface area contributed by atoms with Crippen LogP contribution in [-0.4, -0.2) is 28.7 Å². The molecule has 1 aromatic heterocycles. The molecule has 1 fully saturated rings. The van der Waals surface area contributed by atoms with Crippen molar-refractivity contribution in [3.8, 4) is 5.88 Å². The van der Waals surface area contributed by atoms with Crippen LogP contribution in [0.3, 0.4) is 0 Å². The fraction of sp³-hybridized carbons (Fsp3) is 0.750. The van der Waals surface area contributed by atoms with Gasteiger partial charge in [0.05, 0.1) is 12.1 Å². The topological polar surface area (TPSA) is 73.1 Å². The summed E-state index contributed by atoms with van der Waals surface area (Å²) in [4.78, 5) is 9.00. The molecular formula is C16H28N4O. The van der Waals surface area contributed by atoms with Gasteiger partial charge in [0.2, 0.25) is 11.8 Å². The first-order chi connectivity index (χ1) is 10.1. The van der Waals surface area contributed by atoms with Crippen LogP contribution < -0.4 is 15.8 Å². The summed E-state index contributed by atoms with van der Waals surface area (Å²) in [5.41, 5.74) is 6.91. The van der Waals surface area contributed by atoms with Crippen LogP contribution in [0.1, 0.15) is 51.6 Å². The molecule has 0 aliphatic heterocycles. The summed E-state index contributed by atoms with van der Waals surface area (Å²) < 4.78 is 5.64. The van der Waals surface area contributed by atoms with Gasteiger partial charge in [-0.3, -0.25) is 0 Å². The number of aryl methyl sites for hydroxylation is 1. The van der Waals surface area contributed by atoms with E-state index in [1.165, 1.54) is 19.3 Å². The Hall–Kier alpha value is -1.36. The van der Waals surface area contributed by atoms with Crippen molar-refractivity contribution in [3.05, 3.63) is 11.8 Å². The average molecular weight is 292 g/mol. The first kappa shape index (κ1) is 16.0. The second-order valence-electron chi connectivity index (χ2n) is 6.15. The van der Waals surface area contributed by atoms with Crippen LogP contribution in [0.2, 0.25) is 0 Å². The van der Waals surface area contributed by atoms with Crippen molar-refractivity contribution >= 4 is 5.95 Å². The Labute approximate surface area is 127 Å². The zero-order chi connectivity index (χ0) is 15.3. The number of anilines is 1. The lowest BCUT2D eigenvalue weighted by Gasteiger charge is -2.42. The van der Waals surface area contributed by atoms with Crippen LogP contribution >= 0.6 is 0 Å². The first-order valence-corrected chi connectivity index (χ1v) is 8.06. The monoisotopic (exact) mass is 292 g/mol. The summed E-state index contributed by atoms with van der Waals surface area (Å²) in [7, 11) is 0. The lowest BCUT2D eigenvalue weighted by atomic mass is 9.73. The summed E-state index contributed by atoms with van der Waals surface area (Å²) in [5, 5.41) is 3.52. The van der Waals surface area contributed by atoms with E-state index in [1.54, 1.807) is 0 Å². The number of aromatic nitrogens is 2. The highest BCUT2D eigenvalue weighted by molar-refractivity contribution is 5.35. The normalized spacial score (nSPS) is 25.6. The maximum Gasteiger partial charge on any atom is 0.226 e. The third-order valence-corrected chi connectivity index (χ3v) is 4.46. The Morgan fingerprint density at radius 1 is 1.43 bits per heavy atom. The molecule has 0 bridgehead atoms. The molecule has 1 heterocycles. The van der Waals surface area contributed by atoms with Gasteiger partial charge in [-0.05, 0) is 32.1 Å².